The normalized spacial score (nSPS) is 11.4. The van der Waals surface area contributed by atoms with Gasteiger partial charge in [0.1, 0.15) is 0 Å². The summed E-state index contributed by atoms with van der Waals surface area (Å²) in [6.45, 7) is 7.85. The lowest BCUT2D eigenvalue weighted by Gasteiger charge is -2.19. The van der Waals surface area contributed by atoms with Crippen molar-refractivity contribution in [2.24, 2.45) is 0 Å². The molecule has 54 valence electrons. The highest BCUT2D eigenvalue weighted by Gasteiger charge is 2.13. The maximum atomic E-state index is 4.10. The Labute approximate surface area is 61.2 Å². The van der Waals surface area contributed by atoms with Crippen molar-refractivity contribution >= 4 is 0 Å². The van der Waals surface area contributed by atoms with Gasteiger partial charge in [-0.25, -0.2) is 0 Å². The van der Waals surface area contributed by atoms with Crippen molar-refractivity contribution in [3.8, 4) is 0 Å². The van der Waals surface area contributed by atoms with Crippen LogP contribution in [0.4, 0.5) is 0 Å². The van der Waals surface area contributed by atoms with Crippen molar-refractivity contribution in [2.75, 3.05) is 0 Å². The largest absolute Gasteiger partial charge is 0.263 e. The summed E-state index contributed by atoms with van der Waals surface area (Å²) < 4.78 is 1.88. The second-order valence-electron chi connectivity index (χ2n) is 2.81. The van der Waals surface area contributed by atoms with E-state index in [2.05, 4.69) is 25.5 Å². The first-order chi connectivity index (χ1) is 4.67. The van der Waals surface area contributed by atoms with Gasteiger partial charge in [-0.2, -0.15) is 5.10 Å². The van der Waals surface area contributed by atoms with Gasteiger partial charge in [-0.05, 0) is 19.9 Å². The van der Waals surface area contributed by atoms with Gasteiger partial charge in [0.2, 0.25) is 0 Å². The molecule has 0 unspecified atom stereocenters. The first kappa shape index (κ1) is 7.06. The standard InChI is InChI=1S/C8H12N2/c1-4-8(2,3)10-7-5-6-9-10/h4-7H,1H2,2-3H3. The smallest absolute Gasteiger partial charge is 0.0748 e. The van der Waals surface area contributed by atoms with E-state index in [1.165, 1.54) is 0 Å². The average Bonchev–Trinajstić information content (AvgIpc) is 2.38. The Morgan fingerprint density at radius 3 is 2.70 bits per heavy atom. The van der Waals surface area contributed by atoms with Crippen LogP contribution >= 0.6 is 0 Å². The Hall–Kier alpha value is -1.05. The zero-order chi connectivity index (χ0) is 7.61. The van der Waals surface area contributed by atoms with E-state index in [9.17, 15) is 0 Å². The van der Waals surface area contributed by atoms with Crippen LogP contribution in [0.25, 0.3) is 0 Å². The minimum atomic E-state index is -0.0660. The Balaban J connectivity index is 2.95. The molecule has 0 saturated carbocycles. The molecule has 10 heavy (non-hydrogen) atoms. The molecule has 0 spiro atoms. The van der Waals surface area contributed by atoms with Crippen molar-refractivity contribution in [3.05, 3.63) is 31.1 Å². The molecular weight excluding hydrogens is 124 g/mol. The maximum absolute atomic E-state index is 4.10. The minimum Gasteiger partial charge on any atom is -0.263 e. The average molecular weight is 136 g/mol. The van der Waals surface area contributed by atoms with Crippen LogP contribution in [0.2, 0.25) is 0 Å². The summed E-state index contributed by atoms with van der Waals surface area (Å²) in [5.74, 6) is 0. The van der Waals surface area contributed by atoms with E-state index in [4.69, 9.17) is 0 Å². The van der Waals surface area contributed by atoms with Crippen LogP contribution in [0, 0.1) is 0 Å². The number of hydrogen-bond donors (Lipinski definition) is 0. The monoisotopic (exact) mass is 136 g/mol. The number of hydrogen-bond acceptors (Lipinski definition) is 1. The van der Waals surface area contributed by atoms with E-state index in [0.717, 1.165) is 0 Å². The zero-order valence-corrected chi connectivity index (χ0v) is 6.41. The molecule has 1 aromatic rings. The van der Waals surface area contributed by atoms with Crippen LogP contribution in [0.1, 0.15) is 13.8 Å². The topological polar surface area (TPSA) is 17.8 Å². The van der Waals surface area contributed by atoms with Crippen molar-refractivity contribution in [1.29, 1.82) is 0 Å². The van der Waals surface area contributed by atoms with Crippen molar-refractivity contribution in [3.63, 3.8) is 0 Å². The van der Waals surface area contributed by atoms with E-state index in [-0.39, 0.29) is 5.54 Å². The molecule has 0 aliphatic rings. The van der Waals surface area contributed by atoms with Crippen molar-refractivity contribution in [1.82, 2.24) is 9.78 Å². The third kappa shape index (κ3) is 1.10. The number of aromatic nitrogens is 2. The fourth-order valence-electron chi connectivity index (χ4n) is 0.703. The van der Waals surface area contributed by atoms with Gasteiger partial charge < -0.3 is 0 Å². The van der Waals surface area contributed by atoms with Gasteiger partial charge in [-0.15, -0.1) is 6.58 Å². The summed E-state index contributed by atoms with van der Waals surface area (Å²) in [4.78, 5) is 0. The number of allylic oxidation sites excluding steroid dienone is 1. The number of rotatable bonds is 2. The molecule has 2 nitrogen and oxygen atoms in total. The fourth-order valence-corrected chi connectivity index (χ4v) is 0.703. The van der Waals surface area contributed by atoms with E-state index in [0.29, 0.717) is 0 Å². The lowest BCUT2D eigenvalue weighted by molar-refractivity contribution is 0.407. The lowest BCUT2D eigenvalue weighted by atomic mass is 10.1. The van der Waals surface area contributed by atoms with Crippen LogP contribution < -0.4 is 0 Å². The third-order valence-electron chi connectivity index (χ3n) is 1.59. The van der Waals surface area contributed by atoms with Crippen LogP contribution in [0.15, 0.2) is 31.1 Å². The molecule has 0 aromatic carbocycles. The Morgan fingerprint density at radius 1 is 1.60 bits per heavy atom. The Bertz CT molecular complexity index is 209. The molecule has 0 bridgehead atoms. The fraction of sp³-hybridized carbons (Fsp3) is 0.375. The number of nitrogens with zero attached hydrogens (tertiary/aromatic N) is 2. The van der Waals surface area contributed by atoms with Gasteiger partial charge in [0, 0.05) is 12.4 Å². The second-order valence-corrected chi connectivity index (χ2v) is 2.81. The summed E-state index contributed by atoms with van der Waals surface area (Å²) in [6.07, 6.45) is 5.58. The molecule has 1 heterocycles. The first-order valence-corrected chi connectivity index (χ1v) is 3.30. The predicted octanol–water partition coefficient (Wildman–Crippen LogP) is 1.80. The Kier molecular flexibility index (Phi) is 1.62. The lowest BCUT2D eigenvalue weighted by Crippen LogP contribution is -2.23. The van der Waals surface area contributed by atoms with Gasteiger partial charge >= 0.3 is 0 Å². The molecule has 0 aliphatic heterocycles. The van der Waals surface area contributed by atoms with Crippen LogP contribution in [0.5, 0.6) is 0 Å². The first-order valence-electron chi connectivity index (χ1n) is 3.30. The molecular formula is C8H12N2. The molecule has 1 aromatic heterocycles. The quantitative estimate of drug-likeness (QED) is 0.567. The van der Waals surface area contributed by atoms with E-state index < -0.39 is 0 Å². The molecule has 0 N–H and O–H groups in total. The molecule has 0 amide bonds. The van der Waals surface area contributed by atoms with Gasteiger partial charge in [-0.1, -0.05) is 6.08 Å². The maximum Gasteiger partial charge on any atom is 0.0748 e. The van der Waals surface area contributed by atoms with Crippen LogP contribution in [-0.4, -0.2) is 9.78 Å². The predicted molar refractivity (Wildman–Crippen MR) is 41.7 cm³/mol. The molecule has 0 aliphatic carbocycles. The van der Waals surface area contributed by atoms with Crippen molar-refractivity contribution < 1.29 is 0 Å². The van der Waals surface area contributed by atoms with Crippen LogP contribution in [-0.2, 0) is 5.54 Å². The molecule has 0 radical (unpaired) electrons. The van der Waals surface area contributed by atoms with Gasteiger partial charge in [0.15, 0.2) is 0 Å². The summed E-state index contributed by atoms with van der Waals surface area (Å²) >= 11 is 0. The second kappa shape index (κ2) is 2.29. The summed E-state index contributed by atoms with van der Waals surface area (Å²) in [5, 5.41) is 4.10. The summed E-state index contributed by atoms with van der Waals surface area (Å²) in [5.41, 5.74) is -0.0660. The summed E-state index contributed by atoms with van der Waals surface area (Å²) in [7, 11) is 0. The van der Waals surface area contributed by atoms with Gasteiger partial charge in [0.25, 0.3) is 0 Å². The molecule has 1 rings (SSSR count). The molecule has 2 heteroatoms. The van der Waals surface area contributed by atoms with E-state index in [1.54, 1.807) is 6.20 Å². The summed E-state index contributed by atoms with van der Waals surface area (Å²) in [6, 6.07) is 1.91. The highest BCUT2D eigenvalue weighted by atomic mass is 15.3. The minimum absolute atomic E-state index is 0.0660. The highest BCUT2D eigenvalue weighted by Crippen LogP contribution is 2.13. The van der Waals surface area contributed by atoms with Crippen LogP contribution in [0.3, 0.4) is 0 Å². The Morgan fingerprint density at radius 2 is 2.30 bits per heavy atom. The molecule has 0 atom stereocenters. The molecule has 0 fully saturated rings. The van der Waals surface area contributed by atoms with Gasteiger partial charge in [0.05, 0.1) is 5.54 Å². The molecule has 0 saturated heterocycles. The van der Waals surface area contributed by atoms with E-state index in [1.807, 2.05) is 23.0 Å². The SMILES string of the molecule is C=CC(C)(C)n1cccn1. The zero-order valence-electron chi connectivity index (χ0n) is 6.41. The van der Waals surface area contributed by atoms with Gasteiger partial charge in [-0.3, -0.25) is 4.68 Å². The van der Waals surface area contributed by atoms with Crippen molar-refractivity contribution in [2.45, 2.75) is 19.4 Å². The van der Waals surface area contributed by atoms with E-state index >= 15 is 0 Å². The highest BCUT2D eigenvalue weighted by molar-refractivity contribution is 4.95. The third-order valence-corrected chi connectivity index (χ3v) is 1.59.